The molecule has 0 bridgehead atoms. The maximum Gasteiger partial charge on any atom is 0.490 e. The van der Waals surface area contributed by atoms with Crippen LogP contribution in [0, 0.1) is 5.92 Å². The zero-order valence-corrected chi connectivity index (χ0v) is 31.4. The summed E-state index contributed by atoms with van der Waals surface area (Å²) in [5.41, 5.74) is 17.9. The number of aliphatic hydroxyl groups is 1. The number of aromatic nitrogens is 4. The molecule has 0 aliphatic rings. The van der Waals surface area contributed by atoms with Gasteiger partial charge in [-0.25, -0.2) is 14.8 Å². The van der Waals surface area contributed by atoms with Gasteiger partial charge in [-0.3, -0.25) is 33.6 Å². The first-order valence-electron chi connectivity index (χ1n) is 17.4. The first-order chi connectivity index (χ1) is 27.1. The number of imidazole rings is 2. The standard InChI is InChI=1S/C30H48N12O9.C2HF3O2/c1-15(2)24(30(51)40-20(8-17-11-35-14-37-17)27(48)38-19(25(33)46)5-3-4-6-31)42-28(49)21(9-23(44)45)39-29(50)22(12-43)41-26(47)18(32)7-16-10-34-13-36-16;3-2(4,5)1(6)7/h10-11,13-15,18-22,24,43H,3-9,12,31-32H2,1-2H3,(H2,33,46)(H,34,36)(H,35,37)(H,38,48)(H,39,50)(H,40,51)(H,41,47)(H,42,49)(H,44,45);(H,6,7)/t18-,19-,20-,21-,22-,24-;/m0./s1. The fourth-order valence-electron chi connectivity index (χ4n) is 4.78. The molecule has 0 spiro atoms. The molecule has 0 saturated carbocycles. The number of alkyl halides is 3. The van der Waals surface area contributed by atoms with E-state index in [4.69, 9.17) is 27.1 Å². The quantitative estimate of drug-likeness (QED) is 0.0475. The highest BCUT2D eigenvalue weighted by Crippen LogP contribution is 2.13. The predicted molar refractivity (Wildman–Crippen MR) is 192 cm³/mol. The van der Waals surface area contributed by atoms with Crippen LogP contribution in [-0.4, -0.2) is 138 Å². The number of aliphatic hydroxyl groups excluding tert-OH is 1. The molecule has 6 amide bonds. The number of amides is 6. The zero-order valence-electron chi connectivity index (χ0n) is 31.4. The smallest absolute Gasteiger partial charge is 0.481 e. The van der Waals surface area contributed by atoms with E-state index in [0.717, 1.165) is 0 Å². The van der Waals surface area contributed by atoms with Crippen molar-refractivity contribution < 1.29 is 66.8 Å². The van der Waals surface area contributed by atoms with E-state index in [2.05, 4.69) is 46.5 Å². The Kier molecular flexibility index (Phi) is 21.0. The van der Waals surface area contributed by atoms with E-state index in [1.807, 2.05) is 0 Å². The van der Waals surface area contributed by atoms with Crippen LogP contribution in [0.3, 0.4) is 0 Å². The first-order valence-corrected chi connectivity index (χ1v) is 17.4. The van der Waals surface area contributed by atoms with Gasteiger partial charge in [0, 0.05) is 36.6 Å². The van der Waals surface area contributed by atoms with Gasteiger partial charge in [0.25, 0.3) is 0 Å². The zero-order chi connectivity index (χ0) is 44.2. The first kappa shape index (κ1) is 49.9. The number of nitrogens with two attached hydrogens (primary N) is 3. The van der Waals surface area contributed by atoms with E-state index < -0.39 is 109 Å². The second-order valence-corrected chi connectivity index (χ2v) is 12.9. The predicted octanol–water partition coefficient (Wildman–Crippen LogP) is -3.96. The molecule has 16 N–H and O–H groups in total. The maximum atomic E-state index is 13.6. The second kappa shape index (κ2) is 24.5. The molecule has 0 aliphatic heterocycles. The number of aromatic amines is 2. The summed E-state index contributed by atoms with van der Waals surface area (Å²) in [6.45, 7) is 2.60. The molecule has 2 aromatic rings. The van der Waals surface area contributed by atoms with E-state index in [1.165, 1.54) is 25.0 Å². The van der Waals surface area contributed by atoms with Crippen LogP contribution in [0.15, 0.2) is 25.0 Å². The lowest BCUT2D eigenvalue weighted by molar-refractivity contribution is -0.192. The molecule has 324 valence electrons. The Labute approximate surface area is 328 Å². The Bertz CT molecular complexity index is 1660. The number of H-pyrrole nitrogens is 2. The minimum Gasteiger partial charge on any atom is -0.481 e. The van der Waals surface area contributed by atoms with E-state index in [9.17, 15) is 56.9 Å². The van der Waals surface area contributed by atoms with Crippen molar-refractivity contribution in [3.63, 3.8) is 0 Å². The van der Waals surface area contributed by atoms with Crippen LogP contribution in [0.5, 0.6) is 0 Å². The molecule has 58 heavy (non-hydrogen) atoms. The number of unbranched alkanes of at least 4 members (excludes halogenated alkanes) is 1. The summed E-state index contributed by atoms with van der Waals surface area (Å²) in [6, 6.07) is -8.20. The molecular formula is C32H49F3N12O11. The molecule has 0 radical (unpaired) electrons. The Balaban J connectivity index is 0.00000219. The molecule has 2 rings (SSSR count). The van der Waals surface area contributed by atoms with E-state index >= 15 is 0 Å². The number of halogens is 3. The average molecular weight is 835 g/mol. The molecule has 2 aromatic heterocycles. The summed E-state index contributed by atoms with van der Waals surface area (Å²) in [5.74, 6) is -10.2. The van der Waals surface area contributed by atoms with Gasteiger partial charge >= 0.3 is 18.1 Å². The monoisotopic (exact) mass is 834 g/mol. The molecule has 6 atom stereocenters. The number of carbonyl (C=O) groups excluding carboxylic acids is 6. The Hall–Kier alpha value is -6.15. The number of carbonyl (C=O) groups is 8. The van der Waals surface area contributed by atoms with Crippen molar-refractivity contribution in [2.24, 2.45) is 23.1 Å². The van der Waals surface area contributed by atoms with Crippen molar-refractivity contribution in [2.75, 3.05) is 13.2 Å². The van der Waals surface area contributed by atoms with Crippen molar-refractivity contribution in [3.05, 3.63) is 36.4 Å². The fraction of sp³-hybridized carbons (Fsp3) is 0.562. The van der Waals surface area contributed by atoms with Crippen molar-refractivity contribution in [1.29, 1.82) is 0 Å². The number of carboxylic acid groups (broad SMARTS) is 2. The van der Waals surface area contributed by atoms with Crippen LogP contribution in [0.4, 0.5) is 13.2 Å². The molecule has 2 heterocycles. The molecule has 23 nitrogen and oxygen atoms in total. The third-order valence-corrected chi connectivity index (χ3v) is 7.87. The topological polar surface area (TPSA) is 393 Å². The lowest BCUT2D eigenvalue weighted by Gasteiger charge is -2.28. The normalized spacial score (nSPS) is 14.2. The third kappa shape index (κ3) is 18.2. The molecular weight excluding hydrogens is 785 g/mol. The maximum absolute atomic E-state index is 13.6. The summed E-state index contributed by atoms with van der Waals surface area (Å²) in [5, 5.41) is 38.4. The van der Waals surface area contributed by atoms with Gasteiger partial charge in [0.15, 0.2) is 0 Å². The van der Waals surface area contributed by atoms with Crippen molar-refractivity contribution >= 4 is 47.4 Å². The number of rotatable bonds is 23. The second-order valence-electron chi connectivity index (χ2n) is 12.9. The number of hydrogen-bond donors (Lipinski definition) is 13. The van der Waals surface area contributed by atoms with Crippen LogP contribution >= 0.6 is 0 Å². The number of nitrogens with zero attached hydrogens (tertiary/aromatic N) is 2. The molecule has 0 unspecified atom stereocenters. The van der Waals surface area contributed by atoms with Crippen molar-refractivity contribution in [2.45, 2.75) is 94.8 Å². The molecule has 0 fully saturated rings. The number of primary amides is 1. The van der Waals surface area contributed by atoms with Gasteiger partial charge < -0.3 is 69.1 Å². The number of carboxylic acids is 2. The van der Waals surface area contributed by atoms with E-state index in [0.29, 0.717) is 30.8 Å². The average Bonchev–Trinajstić information content (AvgIpc) is 3.85. The van der Waals surface area contributed by atoms with Gasteiger partial charge in [-0.2, -0.15) is 13.2 Å². The Morgan fingerprint density at radius 1 is 0.741 bits per heavy atom. The molecule has 0 saturated heterocycles. The van der Waals surface area contributed by atoms with Crippen LogP contribution in [0.2, 0.25) is 0 Å². The highest BCUT2D eigenvalue weighted by atomic mass is 19.4. The third-order valence-electron chi connectivity index (χ3n) is 7.87. The van der Waals surface area contributed by atoms with Crippen LogP contribution in [0.25, 0.3) is 0 Å². The SMILES string of the molecule is CC(C)[C@H](NC(=O)[C@H](CC(=O)O)NC(=O)[C@H](CO)NC(=O)[C@@H](N)Cc1cnc[nH]1)C(=O)N[C@@H](Cc1cnc[nH]1)C(=O)N[C@@H](CCCCN)C(N)=O.O=C(O)C(F)(F)F. The van der Waals surface area contributed by atoms with Gasteiger partial charge in [0.1, 0.15) is 30.2 Å². The molecule has 26 heteroatoms. The molecule has 0 aromatic carbocycles. The van der Waals surface area contributed by atoms with Crippen molar-refractivity contribution in [3.8, 4) is 0 Å². The van der Waals surface area contributed by atoms with Crippen LogP contribution in [-0.2, 0) is 51.2 Å². The lowest BCUT2D eigenvalue weighted by atomic mass is 10.0. The summed E-state index contributed by atoms with van der Waals surface area (Å²) >= 11 is 0. The summed E-state index contributed by atoms with van der Waals surface area (Å²) < 4.78 is 31.7. The Morgan fingerprint density at radius 2 is 1.22 bits per heavy atom. The van der Waals surface area contributed by atoms with Gasteiger partial charge in [-0.05, 0) is 31.7 Å². The molecule has 0 aliphatic carbocycles. The summed E-state index contributed by atoms with van der Waals surface area (Å²) in [4.78, 5) is 112. The Morgan fingerprint density at radius 3 is 1.67 bits per heavy atom. The van der Waals surface area contributed by atoms with Gasteiger partial charge in [-0.15, -0.1) is 0 Å². The van der Waals surface area contributed by atoms with Gasteiger partial charge in [0.2, 0.25) is 35.4 Å². The number of hydrogen-bond acceptors (Lipinski definition) is 13. The summed E-state index contributed by atoms with van der Waals surface area (Å²) in [6.07, 6.45) is 0.837. The largest absolute Gasteiger partial charge is 0.490 e. The van der Waals surface area contributed by atoms with Crippen LogP contribution < -0.4 is 43.8 Å². The van der Waals surface area contributed by atoms with E-state index in [-0.39, 0.29) is 19.3 Å². The van der Waals surface area contributed by atoms with Crippen LogP contribution in [0.1, 0.15) is 50.9 Å². The number of nitrogens with one attached hydrogen (secondary N) is 7. The minimum atomic E-state index is -5.08. The minimum absolute atomic E-state index is 0.0270. The summed E-state index contributed by atoms with van der Waals surface area (Å²) in [7, 11) is 0. The van der Waals surface area contributed by atoms with Gasteiger partial charge in [0.05, 0.1) is 31.7 Å². The van der Waals surface area contributed by atoms with E-state index in [1.54, 1.807) is 13.8 Å². The van der Waals surface area contributed by atoms with Crippen molar-refractivity contribution in [1.82, 2.24) is 46.5 Å². The lowest BCUT2D eigenvalue weighted by Crippen LogP contribution is -2.61. The number of aliphatic carboxylic acids is 2. The highest BCUT2D eigenvalue weighted by Gasteiger charge is 2.38. The van der Waals surface area contributed by atoms with Gasteiger partial charge in [-0.1, -0.05) is 13.8 Å². The fourth-order valence-corrected chi connectivity index (χ4v) is 4.78. The highest BCUT2D eigenvalue weighted by molar-refractivity contribution is 5.97.